The second kappa shape index (κ2) is 6.81. The van der Waals surface area contributed by atoms with E-state index in [9.17, 15) is 4.79 Å². The first kappa shape index (κ1) is 16.8. The standard InChI is InChI=1S/C20H21N3O2/c1-14-4-6-15(7-5-14)18-12-23(20(21)22(18)2)13-19(24)16-8-10-17(25-3)11-9-16/h4-12,21H,13H2,1-3H3/p+1. The zero-order valence-corrected chi connectivity index (χ0v) is 14.7. The van der Waals surface area contributed by atoms with Gasteiger partial charge in [-0.05, 0) is 31.2 Å². The fourth-order valence-electron chi connectivity index (χ4n) is 2.76. The minimum atomic E-state index is 0.000379. The van der Waals surface area contributed by atoms with Crippen LogP contribution in [0.2, 0.25) is 0 Å². The molecule has 2 aromatic carbocycles. The highest BCUT2D eigenvalue weighted by molar-refractivity contribution is 5.95. The van der Waals surface area contributed by atoms with Crippen LogP contribution >= 0.6 is 0 Å². The summed E-state index contributed by atoms with van der Waals surface area (Å²) < 4.78 is 8.80. The smallest absolute Gasteiger partial charge is 0.355 e. The Morgan fingerprint density at radius 1 is 1.12 bits per heavy atom. The van der Waals surface area contributed by atoms with Gasteiger partial charge in [-0.25, -0.2) is 9.13 Å². The molecule has 25 heavy (non-hydrogen) atoms. The molecule has 3 aromatic rings. The number of hydrogen-bond acceptors (Lipinski definition) is 3. The Morgan fingerprint density at radius 2 is 1.76 bits per heavy atom. The molecule has 5 heteroatoms. The maximum Gasteiger partial charge on any atom is 0.355 e. The van der Waals surface area contributed by atoms with Crippen LogP contribution in [-0.4, -0.2) is 17.5 Å². The molecule has 0 spiro atoms. The molecule has 5 nitrogen and oxygen atoms in total. The van der Waals surface area contributed by atoms with Crippen LogP contribution in [0.4, 0.5) is 5.95 Å². The molecule has 0 aliphatic carbocycles. The van der Waals surface area contributed by atoms with E-state index in [1.165, 1.54) is 5.56 Å². The largest absolute Gasteiger partial charge is 0.497 e. The average Bonchev–Trinajstić information content (AvgIpc) is 2.91. The number of benzene rings is 2. The number of ketones is 1. The van der Waals surface area contributed by atoms with Crippen LogP contribution in [0.15, 0.2) is 54.7 Å². The minimum Gasteiger partial charge on any atom is -0.497 e. The summed E-state index contributed by atoms with van der Waals surface area (Å²) in [5.74, 6) is 1.27. The van der Waals surface area contributed by atoms with Gasteiger partial charge in [0.2, 0.25) is 0 Å². The lowest BCUT2D eigenvalue weighted by Gasteiger charge is -2.02. The molecule has 0 aliphatic rings. The first-order chi connectivity index (χ1) is 12.0. The van der Waals surface area contributed by atoms with E-state index >= 15 is 0 Å². The van der Waals surface area contributed by atoms with Gasteiger partial charge in [-0.2, -0.15) is 0 Å². The van der Waals surface area contributed by atoms with Crippen molar-refractivity contribution in [3.63, 3.8) is 0 Å². The lowest BCUT2D eigenvalue weighted by Crippen LogP contribution is -2.39. The van der Waals surface area contributed by atoms with Crippen molar-refractivity contribution in [2.75, 3.05) is 12.8 Å². The fraction of sp³-hybridized carbons (Fsp3) is 0.200. The van der Waals surface area contributed by atoms with E-state index in [0.29, 0.717) is 11.5 Å². The quantitative estimate of drug-likeness (QED) is 0.576. The number of methoxy groups -OCH3 is 1. The van der Waals surface area contributed by atoms with Crippen molar-refractivity contribution >= 4 is 11.7 Å². The number of nitrogens with zero attached hydrogens (tertiary/aromatic N) is 2. The van der Waals surface area contributed by atoms with Gasteiger partial charge in [-0.3, -0.25) is 10.5 Å². The molecule has 0 amide bonds. The number of nitrogens with two attached hydrogens (primary N) is 1. The topological polar surface area (TPSA) is 61.1 Å². The number of imidazole rings is 1. The van der Waals surface area contributed by atoms with E-state index in [4.69, 9.17) is 10.5 Å². The number of carbonyl (C=O) groups excluding carboxylic acids is 1. The van der Waals surface area contributed by atoms with Gasteiger partial charge in [0.25, 0.3) is 0 Å². The van der Waals surface area contributed by atoms with Gasteiger partial charge in [0.05, 0.1) is 14.2 Å². The highest BCUT2D eigenvalue weighted by Gasteiger charge is 2.20. The summed E-state index contributed by atoms with van der Waals surface area (Å²) in [6, 6.07) is 15.3. The Kier molecular flexibility index (Phi) is 4.57. The van der Waals surface area contributed by atoms with Gasteiger partial charge in [0, 0.05) is 11.1 Å². The summed E-state index contributed by atoms with van der Waals surface area (Å²) >= 11 is 0. The zero-order valence-electron chi connectivity index (χ0n) is 14.7. The third kappa shape index (κ3) is 3.40. The number of anilines is 1. The molecular formula is C20H22N3O2+. The lowest BCUT2D eigenvalue weighted by atomic mass is 10.1. The molecule has 0 atom stereocenters. The van der Waals surface area contributed by atoms with Crippen LogP contribution in [0.5, 0.6) is 5.75 Å². The van der Waals surface area contributed by atoms with Crippen molar-refractivity contribution in [2.45, 2.75) is 13.5 Å². The number of carbonyl (C=O) groups is 1. The number of rotatable bonds is 5. The van der Waals surface area contributed by atoms with Crippen molar-refractivity contribution < 1.29 is 14.1 Å². The molecule has 3 rings (SSSR count). The molecular weight excluding hydrogens is 314 g/mol. The van der Waals surface area contributed by atoms with Crippen molar-refractivity contribution in [1.29, 1.82) is 0 Å². The highest BCUT2D eigenvalue weighted by atomic mass is 16.5. The first-order valence-corrected chi connectivity index (χ1v) is 8.08. The Morgan fingerprint density at radius 3 is 2.36 bits per heavy atom. The molecule has 0 fully saturated rings. The predicted octanol–water partition coefficient (Wildman–Crippen LogP) is 2.76. The molecule has 1 aromatic heterocycles. The van der Waals surface area contributed by atoms with Crippen LogP contribution in [0, 0.1) is 6.92 Å². The number of Topliss-reactive ketones (excluding diaryl/α,β-unsaturated/α-hetero) is 1. The van der Waals surface area contributed by atoms with Gasteiger partial charge in [0.1, 0.15) is 24.2 Å². The molecule has 1 heterocycles. The number of nitrogen functional groups attached to an aromatic ring is 1. The molecule has 0 radical (unpaired) electrons. The normalized spacial score (nSPS) is 10.7. The third-order valence-electron chi connectivity index (χ3n) is 4.35. The second-order valence-electron chi connectivity index (χ2n) is 6.08. The number of ether oxygens (including phenoxy) is 1. The Balaban J connectivity index is 1.86. The van der Waals surface area contributed by atoms with E-state index in [2.05, 4.69) is 31.2 Å². The summed E-state index contributed by atoms with van der Waals surface area (Å²) in [4.78, 5) is 12.5. The molecule has 2 N–H and O–H groups in total. The van der Waals surface area contributed by atoms with E-state index in [-0.39, 0.29) is 12.3 Å². The zero-order chi connectivity index (χ0) is 18.0. The van der Waals surface area contributed by atoms with Crippen molar-refractivity contribution in [2.24, 2.45) is 7.05 Å². The van der Waals surface area contributed by atoms with E-state index in [1.54, 1.807) is 35.9 Å². The number of hydrogen-bond donors (Lipinski definition) is 1. The molecule has 0 unspecified atom stereocenters. The summed E-state index contributed by atoms with van der Waals surface area (Å²) in [5, 5.41) is 0. The van der Waals surface area contributed by atoms with Crippen LogP contribution in [0.25, 0.3) is 11.3 Å². The van der Waals surface area contributed by atoms with E-state index < -0.39 is 0 Å². The van der Waals surface area contributed by atoms with Gasteiger partial charge in [-0.1, -0.05) is 29.8 Å². The number of aryl methyl sites for hydroxylation is 1. The lowest BCUT2D eigenvalue weighted by molar-refractivity contribution is -0.667. The van der Waals surface area contributed by atoms with Crippen molar-refractivity contribution in [3.8, 4) is 17.0 Å². The summed E-state index contributed by atoms with van der Waals surface area (Å²) in [7, 11) is 3.50. The van der Waals surface area contributed by atoms with Gasteiger partial charge >= 0.3 is 5.95 Å². The van der Waals surface area contributed by atoms with Crippen molar-refractivity contribution in [3.05, 3.63) is 65.9 Å². The van der Waals surface area contributed by atoms with Crippen molar-refractivity contribution in [1.82, 2.24) is 4.57 Å². The van der Waals surface area contributed by atoms with Crippen LogP contribution in [0.3, 0.4) is 0 Å². The molecule has 0 saturated carbocycles. The summed E-state index contributed by atoms with van der Waals surface area (Å²) in [5.41, 5.74) is 10.1. The maximum absolute atomic E-state index is 12.5. The third-order valence-corrected chi connectivity index (χ3v) is 4.35. The Hall–Kier alpha value is -3.08. The van der Waals surface area contributed by atoms with Gasteiger partial charge in [0.15, 0.2) is 5.78 Å². The summed E-state index contributed by atoms with van der Waals surface area (Å²) in [6.07, 6.45) is 1.92. The predicted molar refractivity (Wildman–Crippen MR) is 97.5 cm³/mol. The molecule has 0 aliphatic heterocycles. The molecule has 0 bridgehead atoms. The molecule has 0 saturated heterocycles. The van der Waals surface area contributed by atoms with Crippen LogP contribution in [-0.2, 0) is 13.6 Å². The monoisotopic (exact) mass is 336 g/mol. The minimum absolute atomic E-state index is 0.000379. The van der Waals surface area contributed by atoms with Gasteiger partial charge in [-0.15, -0.1) is 0 Å². The first-order valence-electron chi connectivity index (χ1n) is 8.08. The van der Waals surface area contributed by atoms with Gasteiger partial charge < -0.3 is 4.74 Å². The van der Waals surface area contributed by atoms with Crippen LogP contribution in [0.1, 0.15) is 15.9 Å². The molecule has 128 valence electrons. The summed E-state index contributed by atoms with van der Waals surface area (Å²) in [6.45, 7) is 2.24. The SMILES string of the molecule is COc1ccc(C(=O)C[n+]2cc(-c3ccc(C)cc3)n(C)c2N)cc1. The number of aromatic nitrogens is 2. The highest BCUT2D eigenvalue weighted by Crippen LogP contribution is 2.20. The second-order valence-corrected chi connectivity index (χ2v) is 6.08. The van der Waals surface area contributed by atoms with E-state index in [0.717, 1.165) is 17.0 Å². The average molecular weight is 336 g/mol. The Labute approximate surface area is 147 Å². The Bertz CT molecular complexity index is 894. The maximum atomic E-state index is 12.5. The van der Waals surface area contributed by atoms with Crippen LogP contribution < -0.4 is 15.0 Å². The fourth-order valence-corrected chi connectivity index (χ4v) is 2.76. The van der Waals surface area contributed by atoms with E-state index in [1.807, 2.05) is 17.8 Å².